The number of aromatic nitrogens is 1. The molecular weight excluding hydrogens is 266 g/mol. The Morgan fingerprint density at radius 3 is 2.90 bits per heavy atom. The molecule has 2 aliphatic rings. The lowest BCUT2D eigenvalue weighted by atomic mass is 9.95. The molecule has 0 radical (unpaired) electrons. The van der Waals surface area contributed by atoms with E-state index in [9.17, 15) is 4.79 Å². The van der Waals surface area contributed by atoms with E-state index in [4.69, 9.17) is 9.47 Å². The van der Waals surface area contributed by atoms with Gasteiger partial charge in [0.05, 0.1) is 11.6 Å². The molecule has 1 aromatic heterocycles. The molecule has 2 aromatic rings. The van der Waals surface area contributed by atoms with Gasteiger partial charge in [0.25, 0.3) is 0 Å². The summed E-state index contributed by atoms with van der Waals surface area (Å²) in [6, 6.07) is 9.40. The minimum atomic E-state index is -0.135. The second-order valence-corrected chi connectivity index (χ2v) is 5.36. The number of carbonyl (C=O) groups excluding carboxylic acids is 1. The van der Waals surface area contributed by atoms with Crippen LogP contribution in [0.25, 0.3) is 0 Å². The van der Waals surface area contributed by atoms with Crippen molar-refractivity contribution in [2.75, 3.05) is 13.2 Å². The number of Topliss-reactive ketones (excluding diaryl/α,β-unsaturated/α-hetero) is 1. The minimum Gasteiger partial charge on any atom is -0.486 e. The SMILES string of the molecule is O=C(c1ccc2c(c1)OCCO2)C1CCc2cccnc21. The van der Waals surface area contributed by atoms with Crippen molar-refractivity contribution in [1.82, 2.24) is 4.98 Å². The number of aryl methyl sites for hydroxylation is 1. The van der Waals surface area contributed by atoms with Crippen LogP contribution >= 0.6 is 0 Å². The van der Waals surface area contributed by atoms with Crippen LogP contribution in [-0.4, -0.2) is 24.0 Å². The van der Waals surface area contributed by atoms with Crippen LogP contribution in [0.2, 0.25) is 0 Å². The first-order chi connectivity index (χ1) is 10.3. The van der Waals surface area contributed by atoms with Crippen LogP contribution < -0.4 is 9.47 Å². The van der Waals surface area contributed by atoms with Gasteiger partial charge in [-0.2, -0.15) is 0 Å². The molecule has 2 heterocycles. The lowest BCUT2D eigenvalue weighted by Crippen LogP contribution is -2.17. The zero-order valence-corrected chi connectivity index (χ0v) is 11.5. The lowest BCUT2D eigenvalue weighted by Gasteiger charge is -2.19. The normalized spacial score (nSPS) is 19.1. The number of benzene rings is 1. The standard InChI is InChI=1S/C17H15NO3/c19-17(13-5-3-11-2-1-7-18-16(11)13)12-4-6-14-15(10-12)21-9-8-20-14/h1-2,4,6-7,10,13H,3,5,8-9H2. The number of fused-ring (bicyclic) bond motifs is 2. The van der Waals surface area contributed by atoms with Crippen LogP contribution in [0.3, 0.4) is 0 Å². The molecule has 0 N–H and O–H groups in total. The van der Waals surface area contributed by atoms with Gasteiger partial charge >= 0.3 is 0 Å². The third kappa shape index (κ3) is 2.07. The smallest absolute Gasteiger partial charge is 0.172 e. The van der Waals surface area contributed by atoms with E-state index in [0.717, 1.165) is 18.5 Å². The maximum absolute atomic E-state index is 12.8. The topological polar surface area (TPSA) is 48.4 Å². The summed E-state index contributed by atoms with van der Waals surface area (Å²) in [5.74, 6) is 1.35. The summed E-state index contributed by atoms with van der Waals surface area (Å²) < 4.78 is 11.0. The monoisotopic (exact) mass is 281 g/mol. The molecule has 1 aliphatic carbocycles. The number of carbonyl (C=O) groups is 1. The zero-order valence-electron chi connectivity index (χ0n) is 11.5. The van der Waals surface area contributed by atoms with Crippen LogP contribution in [0.15, 0.2) is 36.5 Å². The molecule has 0 amide bonds. The van der Waals surface area contributed by atoms with Crippen molar-refractivity contribution >= 4 is 5.78 Å². The fraction of sp³-hybridized carbons (Fsp3) is 0.294. The Balaban J connectivity index is 1.67. The number of pyridine rings is 1. The summed E-state index contributed by atoms with van der Waals surface area (Å²) in [7, 11) is 0. The molecule has 0 saturated carbocycles. The van der Waals surface area contributed by atoms with Gasteiger partial charge in [-0.25, -0.2) is 0 Å². The number of nitrogens with zero attached hydrogens (tertiary/aromatic N) is 1. The maximum atomic E-state index is 12.8. The highest BCUT2D eigenvalue weighted by Gasteiger charge is 2.31. The van der Waals surface area contributed by atoms with Crippen molar-refractivity contribution in [3.05, 3.63) is 53.3 Å². The van der Waals surface area contributed by atoms with Gasteiger partial charge in [-0.15, -0.1) is 0 Å². The molecule has 1 atom stereocenters. The Kier molecular flexibility index (Phi) is 2.88. The van der Waals surface area contributed by atoms with Crippen molar-refractivity contribution in [1.29, 1.82) is 0 Å². The van der Waals surface area contributed by atoms with E-state index in [0.29, 0.717) is 30.3 Å². The maximum Gasteiger partial charge on any atom is 0.172 e. The van der Waals surface area contributed by atoms with Crippen LogP contribution in [0.1, 0.15) is 34.0 Å². The highest BCUT2D eigenvalue weighted by atomic mass is 16.6. The molecule has 0 saturated heterocycles. The number of rotatable bonds is 2. The molecule has 21 heavy (non-hydrogen) atoms. The lowest BCUT2D eigenvalue weighted by molar-refractivity contribution is 0.0957. The molecule has 1 unspecified atom stereocenters. The van der Waals surface area contributed by atoms with Crippen molar-refractivity contribution in [3.63, 3.8) is 0 Å². The van der Waals surface area contributed by atoms with E-state index in [1.54, 1.807) is 12.3 Å². The number of hydrogen-bond acceptors (Lipinski definition) is 4. The largest absolute Gasteiger partial charge is 0.486 e. The third-order valence-electron chi connectivity index (χ3n) is 4.10. The second-order valence-electron chi connectivity index (χ2n) is 5.36. The average Bonchev–Trinajstić information content (AvgIpc) is 2.98. The Hall–Kier alpha value is -2.36. The Labute approximate surface area is 122 Å². The molecule has 1 aliphatic heterocycles. The van der Waals surface area contributed by atoms with E-state index in [2.05, 4.69) is 11.1 Å². The zero-order chi connectivity index (χ0) is 14.2. The third-order valence-corrected chi connectivity index (χ3v) is 4.10. The summed E-state index contributed by atoms with van der Waals surface area (Å²) in [5, 5.41) is 0. The number of hydrogen-bond donors (Lipinski definition) is 0. The molecule has 106 valence electrons. The van der Waals surface area contributed by atoms with Gasteiger partial charge in [-0.1, -0.05) is 6.07 Å². The fourth-order valence-corrected chi connectivity index (χ4v) is 3.07. The summed E-state index contributed by atoms with van der Waals surface area (Å²) in [5.41, 5.74) is 2.79. The molecule has 0 bridgehead atoms. The van der Waals surface area contributed by atoms with E-state index in [1.807, 2.05) is 18.2 Å². The van der Waals surface area contributed by atoms with Gasteiger partial charge in [0.1, 0.15) is 13.2 Å². The number of ketones is 1. The molecule has 1 aromatic carbocycles. The van der Waals surface area contributed by atoms with E-state index in [1.165, 1.54) is 5.56 Å². The molecule has 0 fully saturated rings. The molecule has 0 spiro atoms. The van der Waals surface area contributed by atoms with E-state index in [-0.39, 0.29) is 11.7 Å². The van der Waals surface area contributed by atoms with Gasteiger partial charge in [0.15, 0.2) is 17.3 Å². The van der Waals surface area contributed by atoms with Gasteiger partial charge in [-0.3, -0.25) is 9.78 Å². The summed E-state index contributed by atoms with van der Waals surface area (Å²) in [6.45, 7) is 1.08. The summed E-state index contributed by atoms with van der Waals surface area (Å²) in [4.78, 5) is 17.2. The second kappa shape index (κ2) is 4.88. The molecule has 4 rings (SSSR count). The Morgan fingerprint density at radius 1 is 1.14 bits per heavy atom. The number of ether oxygens (including phenoxy) is 2. The Bertz CT molecular complexity index is 711. The van der Waals surface area contributed by atoms with Crippen molar-refractivity contribution in [2.45, 2.75) is 18.8 Å². The van der Waals surface area contributed by atoms with Crippen LogP contribution in [0.5, 0.6) is 11.5 Å². The Morgan fingerprint density at radius 2 is 2.00 bits per heavy atom. The first kappa shape index (κ1) is 12.4. The van der Waals surface area contributed by atoms with Crippen LogP contribution in [-0.2, 0) is 6.42 Å². The highest BCUT2D eigenvalue weighted by molar-refractivity contribution is 6.01. The molecule has 4 heteroatoms. The highest BCUT2D eigenvalue weighted by Crippen LogP contribution is 2.36. The van der Waals surface area contributed by atoms with E-state index >= 15 is 0 Å². The van der Waals surface area contributed by atoms with Gasteiger partial charge in [0, 0.05) is 11.8 Å². The van der Waals surface area contributed by atoms with Crippen LogP contribution in [0, 0.1) is 0 Å². The van der Waals surface area contributed by atoms with Gasteiger partial charge in [0.2, 0.25) is 0 Å². The predicted molar refractivity (Wildman–Crippen MR) is 77.1 cm³/mol. The molecular formula is C17H15NO3. The average molecular weight is 281 g/mol. The van der Waals surface area contributed by atoms with Crippen molar-refractivity contribution in [2.24, 2.45) is 0 Å². The first-order valence-corrected chi connectivity index (χ1v) is 7.20. The van der Waals surface area contributed by atoms with Gasteiger partial charge < -0.3 is 9.47 Å². The first-order valence-electron chi connectivity index (χ1n) is 7.20. The van der Waals surface area contributed by atoms with Crippen molar-refractivity contribution < 1.29 is 14.3 Å². The van der Waals surface area contributed by atoms with Crippen LogP contribution in [0.4, 0.5) is 0 Å². The summed E-state index contributed by atoms with van der Waals surface area (Å²) in [6.07, 6.45) is 3.51. The minimum absolute atomic E-state index is 0.115. The fourth-order valence-electron chi connectivity index (χ4n) is 3.07. The van der Waals surface area contributed by atoms with E-state index < -0.39 is 0 Å². The quantitative estimate of drug-likeness (QED) is 0.794. The molecule has 4 nitrogen and oxygen atoms in total. The van der Waals surface area contributed by atoms with Crippen molar-refractivity contribution in [3.8, 4) is 11.5 Å². The summed E-state index contributed by atoms with van der Waals surface area (Å²) >= 11 is 0. The van der Waals surface area contributed by atoms with Gasteiger partial charge in [-0.05, 0) is 42.7 Å². The predicted octanol–water partition coefficient (Wildman–Crippen LogP) is 2.77.